The standard InChI is InChI=1S/C26H27N5O/c1-26(2,18-6-4-3-5-7-18)31-25(32)29-19-12-10-16(11-13-19)20-14-21(17-8-9-17)30-22-15-28-24(27)23(20)22/h3-7,10-14,17H,8-9,15H2,1-2H3,(H2,27,28)(H2,29,31,32). The van der Waals surface area contributed by atoms with E-state index in [1.165, 1.54) is 12.8 Å². The fourth-order valence-electron chi connectivity index (χ4n) is 4.18. The maximum atomic E-state index is 12.6. The van der Waals surface area contributed by atoms with Gasteiger partial charge in [-0.2, -0.15) is 0 Å². The topological polar surface area (TPSA) is 92.4 Å². The summed E-state index contributed by atoms with van der Waals surface area (Å²) in [4.78, 5) is 21.8. The Morgan fingerprint density at radius 3 is 2.47 bits per heavy atom. The molecule has 0 radical (unpaired) electrons. The number of fused-ring (bicyclic) bond motifs is 1. The Bertz CT molecular complexity index is 1190. The summed E-state index contributed by atoms with van der Waals surface area (Å²) in [6, 6.07) is 19.7. The molecule has 6 nitrogen and oxygen atoms in total. The van der Waals surface area contributed by atoms with E-state index in [4.69, 9.17) is 10.7 Å². The second-order valence-electron chi connectivity index (χ2n) is 9.04. The number of hydrogen-bond acceptors (Lipinski definition) is 4. The number of nitrogens with one attached hydrogen (secondary N) is 2. The Balaban J connectivity index is 1.34. The SMILES string of the molecule is CC(C)(NC(=O)Nc1ccc(-c2cc(C3CC3)nc3c2C(N)=NC3)cc1)c1ccccc1. The second-order valence-corrected chi connectivity index (χ2v) is 9.04. The summed E-state index contributed by atoms with van der Waals surface area (Å²) in [6.45, 7) is 4.52. The number of pyridine rings is 1. The summed E-state index contributed by atoms with van der Waals surface area (Å²) in [5.74, 6) is 1.10. The highest BCUT2D eigenvalue weighted by molar-refractivity contribution is 6.06. The smallest absolute Gasteiger partial charge is 0.319 e. The third kappa shape index (κ3) is 3.96. The Labute approximate surface area is 188 Å². The van der Waals surface area contributed by atoms with E-state index in [9.17, 15) is 4.79 Å². The van der Waals surface area contributed by atoms with Gasteiger partial charge in [0.2, 0.25) is 0 Å². The van der Waals surface area contributed by atoms with E-state index in [1.807, 2.05) is 68.4 Å². The predicted molar refractivity (Wildman–Crippen MR) is 128 cm³/mol. The molecule has 1 saturated carbocycles. The Hall–Kier alpha value is -3.67. The summed E-state index contributed by atoms with van der Waals surface area (Å²) < 4.78 is 0. The molecule has 1 aliphatic heterocycles. The molecule has 1 fully saturated rings. The lowest BCUT2D eigenvalue weighted by atomic mass is 9.94. The van der Waals surface area contributed by atoms with E-state index in [0.29, 0.717) is 18.3 Å². The zero-order chi connectivity index (χ0) is 22.3. The summed E-state index contributed by atoms with van der Waals surface area (Å²) in [7, 11) is 0. The molecule has 0 bridgehead atoms. The Morgan fingerprint density at radius 2 is 1.78 bits per heavy atom. The van der Waals surface area contributed by atoms with Crippen LogP contribution in [-0.4, -0.2) is 16.9 Å². The summed E-state index contributed by atoms with van der Waals surface area (Å²) >= 11 is 0. The minimum atomic E-state index is -0.487. The zero-order valence-corrected chi connectivity index (χ0v) is 18.4. The first-order chi connectivity index (χ1) is 15.4. The third-order valence-electron chi connectivity index (χ3n) is 6.14. The lowest BCUT2D eigenvalue weighted by molar-refractivity contribution is 0.242. The minimum Gasteiger partial charge on any atom is -0.383 e. The molecule has 2 aromatic carbocycles. The lowest BCUT2D eigenvalue weighted by Crippen LogP contribution is -2.43. The number of anilines is 1. The van der Waals surface area contributed by atoms with Crippen molar-refractivity contribution < 1.29 is 4.79 Å². The number of aromatic nitrogens is 1. The van der Waals surface area contributed by atoms with Crippen LogP contribution in [0.25, 0.3) is 11.1 Å². The molecule has 2 aliphatic rings. The van der Waals surface area contributed by atoms with Crippen LogP contribution in [0.15, 0.2) is 65.7 Å². The van der Waals surface area contributed by atoms with Crippen molar-refractivity contribution in [2.75, 3.05) is 5.32 Å². The van der Waals surface area contributed by atoms with Crippen LogP contribution in [0.4, 0.5) is 10.5 Å². The van der Waals surface area contributed by atoms with Crippen LogP contribution in [-0.2, 0) is 12.1 Å². The predicted octanol–water partition coefficient (Wildman–Crippen LogP) is 4.90. The van der Waals surface area contributed by atoms with Crippen LogP contribution in [0.3, 0.4) is 0 Å². The summed E-state index contributed by atoms with van der Waals surface area (Å²) in [5, 5.41) is 5.98. The van der Waals surface area contributed by atoms with Crippen molar-refractivity contribution in [2.24, 2.45) is 10.7 Å². The van der Waals surface area contributed by atoms with Crippen molar-refractivity contribution in [3.05, 3.63) is 83.2 Å². The molecule has 0 atom stereocenters. The fraction of sp³-hybridized carbons (Fsp3) is 0.269. The molecular weight excluding hydrogens is 398 g/mol. The maximum Gasteiger partial charge on any atom is 0.319 e. The first kappa shape index (κ1) is 20.2. The number of amidine groups is 1. The van der Waals surface area contributed by atoms with Crippen LogP contribution in [0, 0.1) is 0 Å². The average Bonchev–Trinajstić information content (AvgIpc) is 3.57. The van der Waals surface area contributed by atoms with E-state index >= 15 is 0 Å². The number of carbonyl (C=O) groups excluding carboxylic acids is 1. The first-order valence-corrected chi connectivity index (χ1v) is 11.0. The quantitative estimate of drug-likeness (QED) is 0.543. The van der Waals surface area contributed by atoms with Gasteiger partial charge in [-0.1, -0.05) is 42.5 Å². The van der Waals surface area contributed by atoms with Crippen molar-refractivity contribution in [3.8, 4) is 11.1 Å². The van der Waals surface area contributed by atoms with Crippen LogP contribution in [0.1, 0.15) is 55.1 Å². The molecule has 162 valence electrons. The van der Waals surface area contributed by atoms with Gasteiger partial charge < -0.3 is 16.4 Å². The number of aliphatic imine (C=N–C) groups is 1. The van der Waals surface area contributed by atoms with Crippen molar-refractivity contribution in [1.29, 1.82) is 0 Å². The molecule has 5 rings (SSSR count). The molecule has 2 amide bonds. The minimum absolute atomic E-state index is 0.246. The number of benzene rings is 2. The second kappa shape index (κ2) is 7.79. The van der Waals surface area contributed by atoms with Gasteiger partial charge in [0, 0.05) is 22.9 Å². The van der Waals surface area contributed by atoms with Crippen LogP contribution in [0.2, 0.25) is 0 Å². The normalized spacial score (nSPS) is 15.1. The van der Waals surface area contributed by atoms with E-state index in [-0.39, 0.29) is 6.03 Å². The van der Waals surface area contributed by atoms with Crippen LogP contribution >= 0.6 is 0 Å². The molecule has 4 N–H and O–H groups in total. The third-order valence-corrected chi connectivity index (χ3v) is 6.14. The van der Waals surface area contributed by atoms with Gasteiger partial charge in [0.1, 0.15) is 5.84 Å². The monoisotopic (exact) mass is 425 g/mol. The molecule has 6 heteroatoms. The van der Waals surface area contributed by atoms with E-state index in [0.717, 1.165) is 39.3 Å². The molecular formula is C26H27N5O. The number of rotatable bonds is 5. The van der Waals surface area contributed by atoms with Gasteiger partial charge in [0.15, 0.2) is 0 Å². The molecule has 2 heterocycles. The number of carbonyl (C=O) groups is 1. The summed E-state index contributed by atoms with van der Waals surface area (Å²) in [6.07, 6.45) is 2.39. The van der Waals surface area contributed by atoms with Crippen molar-refractivity contribution in [2.45, 2.75) is 44.7 Å². The van der Waals surface area contributed by atoms with Gasteiger partial charge >= 0.3 is 6.03 Å². The number of urea groups is 1. The van der Waals surface area contributed by atoms with E-state index in [2.05, 4.69) is 21.7 Å². The van der Waals surface area contributed by atoms with Crippen molar-refractivity contribution >= 4 is 17.6 Å². The van der Waals surface area contributed by atoms with Gasteiger partial charge in [0.05, 0.1) is 17.8 Å². The van der Waals surface area contributed by atoms with Gasteiger partial charge in [-0.05, 0) is 61.6 Å². The van der Waals surface area contributed by atoms with Crippen LogP contribution < -0.4 is 16.4 Å². The highest BCUT2D eigenvalue weighted by Crippen LogP contribution is 2.42. The Kier molecular flexibility index (Phi) is 4.93. The van der Waals surface area contributed by atoms with Crippen molar-refractivity contribution in [3.63, 3.8) is 0 Å². The van der Waals surface area contributed by atoms with Gasteiger partial charge in [-0.3, -0.25) is 9.98 Å². The van der Waals surface area contributed by atoms with E-state index < -0.39 is 5.54 Å². The van der Waals surface area contributed by atoms with Gasteiger partial charge in [-0.15, -0.1) is 0 Å². The molecule has 0 unspecified atom stereocenters. The van der Waals surface area contributed by atoms with Gasteiger partial charge in [-0.25, -0.2) is 4.79 Å². The Morgan fingerprint density at radius 1 is 1.06 bits per heavy atom. The number of nitrogens with two attached hydrogens (primary N) is 1. The molecule has 32 heavy (non-hydrogen) atoms. The maximum absolute atomic E-state index is 12.6. The molecule has 0 spiro atoms. The largest absolute Gasteiger partial charge is 0.383 e. The van der Waals surface area contributed by atoms with Crippen LogP contribution in [0.5, 0.6) is 0 Å². The lowest BCUT2D eigenvalue weighted by Gasteiger charge is -2.27. The van der Waals surface area contributed by atoms with E-state index in [1.54, 1.807) is 0 Å². The molecule has 1 aliphatic carbocycles. The molecule has 0 saturated heterocycles. The molecule has 3 aromatic rings. The highest BCUT2D eigenvalue weighted by Gasteiger charge is 2.29. The van der Waals surface area contributed by atoms with Crippen molar-refractivity contribution in [1.82, 2.24) is 10.3 Å². The zero-order valence-electron chi connectivity index (χ0n) is 18.4. The highest BCUT2D eigenvalue weighted by atomic mass is 16.2. The number of nitrogens with zero attached hydrogens (tertiary/aromatic N) is 2. The fourth-order valence-corrected chi connectivity index (χ4v) is 4.18. The number of amides is 2. The molecule has 1 aromatic heterocycles. The van der Waals surface area contributed by atoms with Gasteiger partial charge in [0.25, 0.3) is 0 Å². The summed E-state index contributed by atoms with van der Waals surface area (Å²) in [5.41, 5.74) is 12.6. The average molecular weight is 426 g/mol. The number of hydrogen-bond donors (Lipinski definition) is 3. The first-order valence-electron chi connectivity index (χ1n) is 11.0.